The Hall–Kier alpha value is -0.920. The lowest BCUT2D eigenvalue weighted by molar-refractivity contribution is 0.471. The van der Waals surface area contributed by atoms with Crippen LogP contribution in [0.3, 0.4) is 0 Å². The predicted molar refractivity (Wildman–Crippen MR) is 30.0 cm³/mol. The van der Waals surface area contributed by atoms with Gasteiger partial charge >= 0.3 is 0 Å². The molecule has 0 aromatic rings. The molecule has 0 heterocycles. The second kappa shape index (κ2) is 5.08. The second-order valence-corrected chi connectivity index (χ2v) is 0.997. The minimum absolute atomic E-state index is 0.639. The molecule has 0 unspecified atom stereocenters. The molecule has 0 spiro atoms. The first-order valence-electron chi connectivity index (χ1n) is 2.05. The molecule has 0 aromatic carbocycles. The van der Waals surface area contributed by atoms with E-state index in [4.69, 9.17) is 5.11 Å². The normalized spacial score (nSPS) is 9.14. The first-order valence-corrected chi connectivity index (χ1v) is 2.05. The van der Waals surface area contributed by atoms with Gasteiger partial charge in [0.1, 0.15) is 0 Å². The Morgan fingerprint density at radius 1 is 1.71 bits per heavy atom. The minimum atomic E-state index is 0.639. The van der Waals surface area contributed by atoms with Gasteiger partial charge in [-0.1, -0.05) is 6.58 Å². The number of hydrogen-bond donors (Lipinski definition) is 2. The summed E-state index contributed by atoms with van der Waals surface area (Å²) in [6, 6.07) is 0. The summed E-state index contributed by atoms with van der Waals surface area (Å²) in [7, 11) is 0. The van der Waals surface area contributed by atoms with Crippen LogP contribution < -0.4 is 5.32 Å². The first kappa shape index (κ1) is 6.08. The van der Waals surface area contributed by atoms with Crippen LogP contribution in [0.25, 0.3) is 0 Å². The third-order valence-electron chi connectivity index (χ3n) is 0.485. The maximum Gasteiger partial charge on any atom is 0.0769 e. The fourth-order valence-electron chi connectivity index (χ4n) is 0.204. The zero-order valence-corrected chi connectivity index (χ0v) is 4.09. The van der Waals surface area contributed by atoms with Crippen LogP contribution in [0, 0.1) is 0 Å². The minimum Gasteiger partial charge on any atom is -0.516 e. The molecule has 2 nitrogen and oxygen atoms in total. The molecule has 0 amide bonds. The van der Waals surface area contributed by atoms with Gasteiger partial charge in [0, 0.05) is 6.54 Å². The van der Waals surface area contributed by atoms with Crippen LogP contribution in [-0.2, 0) is 0 Å². The van der Waals surface area contributed by atoms with Gasteiger partial charge < -0.3 is 10.4 Å². The zero-order valence-electron chi connectivity index (χ0n) is 4.09. The molecule has 0 aliphatic carbocycles. The molecule has 40 valence electrons. The highest BCUT2D eigenvalue weighted by Crippen LogP contribution is 1.61. The summed E-state index contributed by atoms with van der Waals surface area (Å²) in [5, 5.41) is 10.8. The molecule has 0 radical (unpaired) electrons. The highest BCUT2D eigenvalue weighted by atomic mass is 16.2. The van der Waals surface area contributed by atoms with Gasteiger partial charge in [-0.2, -0.15) is 0 Å². The molecule has 0 atom stereocenters. The highest BCUT2D eigenvalue weighted by molar-refractivity contribution is 4.77. The van der Waals surface area contributed by atoms with Crippen LogP contribution in [0.5, 0.6) is 0 Å². The summed E-state index contributed by atoms with van der Waals surface area (Å²) in [4.78, 5) is 0. The SMILES string of the molecule is C=CNCC=CO. The molecule has 7 heavy (non-hydrogen) atoms. The highest BCUT2D eigenvalue weighted by Gasteiger charge is 1.64. The van der Waals surface area contributed by atoms with Gasteiger partial charge in [-0.25, -0.2) is 0 Å². The number of nitrogens with one attached hydrogen (secondary N) is 1. The monoisotopic (exact) mass is 99.1 g/mol. The fraction of sp³-hybridized carbons (Fsp3) is 0.200. The molecule has 0 rings (SSSR count). The van der Waals surface area contributed by atoms with Crippen LogP contribution in [0.15, 0.2) is 25.1 Å². The van der Waals surface area contributed by atoms with E-state index in [2.05, 4.69) is 11.9 Å². The quantitative estimate of drug-likeness (QED) is 0.405. The maximum atomic E-state index is 8.04. The number of aliphatic hydroxyl groups is 1. The lowest BCUT2D eigenvalue weighted by atomic mass is 10.6. The van der Waals surface area contributed by atoms with Crippen LogP contribution in [0.4, 0.5) is 0 Å². The Morgan fingerprint density at radius 2 is 2.43 bits per heavy atom. The summed E-state index contributed by atoms with van der Waals surface area (Å²) >= 11 is 0. The molecule has 0 bridgehead atoms. The smallest absolute Gasteiger partial charge is 0.0769 e. The maximum absolute atomic E-state index is 8.04. The van der Waals surface area contributed by atoms with Crippen LogP contribution in [0.1, 0.15) is 0 Å². The summed E-state index contributed by atoms with van der Waals surface area (Å²) < 4.78 is 0. The van der Waals surface area contributed by atoms with Crippen molar-refractivity contribution in [3.63, 3.8) is 0 Å². The van der Waals surface area contributed by atoms with E-state index >= 15 is 0 Å². The molecule has 0 aromatic heterocycles. The molecular formula is C5H9NO. The van der Waals surface area contributed by atoms with E-state index in [1.807, 2.05) is 0 Å². The van der Waals surface area contributed by atoms with Gasteiger partial charge in [0.25, 0.3) is 0 Å². The van der Waals surface area contributed by atoms with Crippen molar-refractivity contribution in [3.05, 3.63) is 25.1 Å². The van der Waals surface area contributed by atoms with E-state index < -0.39 is 0 Å². The Bertz CT molecular complexity index is 68.5. The van der Waals surface area contributed by atoms with Crippen molar-refractivity contribution in [2.24, 2.45) is 0 Å². The molecule has 0 saturated heterocycles. The number of aliphatic hydroxyl groups excluding tert-OH is 1. The number of rotatable bonds is 3. The third kappa shape index (κ3) is 5.08. The summed E-state index contributed by atoms with van der Waals surface area (Å²) in [6.45, 7) is 4.04. The summed E-state index contributed by atoms with van der Waals surface area (Å²) in [5.74, 6) is 0. The van der Waals surface area contributed by atoms with Gasteiger partial charge in [-0.3, -0.25) is 0 Å². The Morgan fingerprint density at radius 3 is 2.86 bits per heavy atom. The Kier molecular flexibility index (Phi) is 4.41. The average Bonchev–Trinajstić information content (AvgIpc) is 1.69. The first-order chi connectivity index (χ1) is 3.41. The van der Waals surface area contributed by atoms with Crippen LogP contribution in [0.2, 0.25) is 0 Å². The van der Waals surface area contributed by atoms with Crippen molar-refractivity contribution in [1.29, 1.82) is 0 Å². The van der Waals surface area contributed by atoms with Crippen molar-refractivity contribution in [2.75, 3.05) is 6.54 Å². The van der Waals surface area contributed by atoms with Gasteiger partial charge in [-0.05, 0) is 12.3 Å². The molecule has 0 aliphatic rings. The van der Waals surface area contributed by atoms with E-state index in [1.165, 1.54) is 0 Å². The molecule has 0 fully saturated rings. The Balaban J connectivity index is 2.82. The third-order valence-corrected chi connectivity index (χ3v) is 0.485. The van der Waals surface area contributed by atoms with Crippen molar-refractivity contribution < 1.29 is 5.11 Å². The summed E-state index contributed by atoms with van der Waals surface area (Å²) in [5.41, 5.74) is 0. The van der Waals surface area contributed by atoms with E-state index in [0.717, 1.165) is 6.26 Å². The van der Waals surface area contributed by atoms with Crippen molar-refractivity contribution in [1.82, 2.24) is 5.32 Å². The van der Waals surface area contributed by atoms with E-state index in [1.54, 1.807) is 12.3 Å². The molecular weight excluding hydrogens is 90.1 g/mol. The number of hydrogen-bond acceptors (Lipinski definition) is 2. The summed E-state index contributed by atoms with van der Waals surface area (Å²) in [6.07, 6.45) is 4.15. The van der Waals surface area contributed by atoms with Crippen LogP contribution in [-0.4, -0.2) is 11.7 Å². The van der Waals surface area contributed by atoms with Gasteiger partial charge in [0.2, 0.25) is 0 Å². The lowest BCUT2D eigenvalue weighted by Gasteiger charge is -1.86. The topological polar surface area (TPSA) is 32.3 Å². The van der Waals surface area contributed by atoms with Crippen molar-refractivity contribution >= 4 is 0 Å². The standard InChI is InChI=1S/C5H9NO/c1-2-6-4-3-5-7/h2-3,5-7H,1,4H2. The predicted octanol–water partition coefficient (Wildman–Crippen LogP) is 0.791. The average molecular weight is 99.1 g/mol. The van der Waals surface area contributed by atoms with Crippen LogP contribution >= 0.6 is 0 Å². The van der Waals surface area contributed by atoms with E-state index in [-0.39, 0.29) is 0 Å². The largest absolute Gasteiger partial charge is 0.516 e. The van der Waals surface area contributed by atoms with Gasteiger partial charge in [0.05, 0.1) is 6.26 Å². The Labute approximate surface area is 43.2 Å². The molecule has 2 N–H and O–H groups in total. The van der Waals surface area contributed by atoms with E-state index in [9.17, 15) is 0 Å². The molecule has 0 saturated carbocycles. The zero-order chi connectivity index (χ0) is 5.54. The molecule has 2 heteroatoms. The van der Waals surface area contributed by atoms with E-state index in [0.29, 0.717) is 6.54 Å². The van der Waals surface area contributed by atoms with Crippen molar-refractivity contribution in [3.8, 4) is 0 Å². The lowest BCUT2D eigenvalue weighted by Crippen LogP contribution is -2.01. The second-order valence-electron chi connectivity index (χ2n) is 0.997. The fourth-order valence-corrected chi connectivity index (χ4v) is 0.204. The van der Waals surface area contributed by atoms with Crippen molar-refractivity contribution in [2.45, 2.75) is 0 Å². The van der Waals surface area contributed by atoms with Gasteiger partial charge in [-0.15, -0.1) is 0 Å². The molecule has 0 aliphatic heterocycles. The van der Waals surface area contributed by atoms with Gasteiger partial charge in [0.15, 0.2) is 0 Å².